The van der Waals surface area contributed by atoms with Crippen LogP contribution in [-0.4, -0.2) is 57.2 Å². The molecule has 8 heteroatoms. The molecule has 1 amide bonds. The van der Waals surface area contributed by atoms with E-state index in [-0.39, 0.29) is 18.8 Å². The van der Waals surface area contributed by atoms with E-state index in [9.17, 15) is 24.6 Å². The van der Waals surface area contributed by atoms with Gasteiger partial charge in [0, 0.05) is 13.1 Å². The third-order valence-electron chi connectivity index (χ3n) is 4.05. The maximum Gasteiger partial charge on any atom is 0.316 e. The van der Waals surface area contributed by atoms with Gasteiger partial charge in [0.15, 0.2) is 0 Å². The van der Waals surface area contributed by atoms with Gasteiger partial charge in [0.05, 0.1) is 11.6 Å². The van der Waals surface area contributed by atoms with Crippen molar-refractivity contribution >= 4 is 17.8 Å². The molecule has 3 atom stereocenters. The van der Waals surface area contributed by atoms with Crippen LogP contribution >= 0.6 is 0 Å². The lowest BCUT2D eigenvalue weighted by Gasteiger charge is -2.24. The molecule has 0 radical (unpaired) electrons. The van der Waals surface area contributed by atoms with Gasteiger partial charge in [-0.1, -0.05) is 13.0 Å². The highest BCUT2D eigenvalue weighted by Crippen LogP contribution is 2.38. The number of amides is 1. The summed E-state index contributed by atoms with van der Waals surface area (Å²) in [5.41, 5.74) is 6.33. The summed E-state index contributed by atoms with van der Waals surface area (Å²) in [6, 6.07) is -0.735. The predicted octanol–water partition coefficient (Wildman–Crippen LogP) is -0.362. The fourth-order valence-electron chi connectivity index (χ4n) is 3.02. The molecule has 0 spiro atoms. The van der Waals surface area contributed by atoms with Crippen molar-refractivity contribution in [3.8, 4) is 0 Å². The number of carbonyl (C=O) groups is 3. The predicted molar refractivity (Wildman–Crippen MR) is 76.2 cm³/mol. The molecule has 0 aromatic heterocycles. The first-order chi connectivity index (χ1) is 10.3. The van der Waals surface area contributed by atoms with Crippen molar-refractivity contribution in [3.63, 3.8) is 0 Å². The van der Waals surface area contributed by atoms with Crippen LogP contribution in [0.25, 0.3) is 0 Å². The zero-order valence-electron chi connectivity index (χ0n) is 12.2. The monoisotopic (exact) mass is 309 g/mol. The van der Waals surface area contributed by atoms with E-state index in [1.165, 1.54) is 11.1 Å². The molecule has 2 heterocycles. The summed E-state index contributed by atoms with van der Waals surface area (Å²) in [6.45, 7) is 5.64. The molecule has 0 aliphatic carbocycles. The first-order valence-corrected chi connectivity index (χ1v) is 6.98. The Bertz CT molecular complexity index is 571. The summed E-state index contributed by atoms with van der Waals surface area (Å²) >= 11 is 0. The van der Waals surface area contributed by atoms with Gasteiger partial charge in [0.2, 0.25) is 0 Å². The first-order valence-electron chi connectivity index (χ1n) is 6.98. The molecule has 0 saturated carbocycles. The number of carbonyl (C=O) groups excluding carboxylic acids is 1. The molecular weight excluding hydrogens is 290 g/mol. The van der Waals surface area contributed by atoms with Crippen molar-refractivity contribution in [2.24, 2.45) is 17.6 Å². The van der Waals surface area contributed by atoms with Gasteiger partial charge in [-0.15, -0.1) is 6.58 Å². The van der Waals surface area contributed by atoms with Crippen LogP contribution in [0.2, 0.25) is 0 Å². The third kappa shape index (κ3) is 2.40. The van der Waals surface area contributed by atoms with E-state index in [4.69, 9.17) is 5.73 Å². The molecule has 120 valence electrons. The number of hydrogen-bond acceptors (Lipinski definition) is 5. The van der Waals surface area contributed by atoms with Crippen molar-refractivity contribution in [3.05, 3.63) is 23.9 Å². The minimum Gasteiger partial charge on any atom is -0.481 e. The number of nitrogens with zero attached hydrogens (tertiary/aromatic N) is 2. The Kier molecular flexibility index (Phi) is 4.34. The van der Waals surface area contributed by atoms with Gasteiger partial charge < -0.3 is 15.9 Å². The normalized spacial score (nSPS) is 24.4. The highest BCUT2D eigenvalue weighted by molar-refractivity contribution is 5.89. The van der Waals surface area contributed by atoms with Gasteiger partial charge in [-0.25, -0.2) is 10.0 Å². The van der Waals surface area contributed by atoms with Crippen LogP contribution in [-0.2, 0) is 14.4 Å². The van der Waals surface area contributed by atoms with Gasteiger partial charge in [-0.2, -0.15) is 0 Å². The minimum absolute atomic E-state index is 0.176. The molecular formula is C14H19N3O5. The molecule has 2 aliphatic rings. The fourth-order valence-corrected chi connectivity index (χ4v) is 3.02. The van der Waals surface area contributed by atoms with E-state index in [0.29, 0.717) is 12.0 Å². The molecule has 2 aliphatic heterocycles. The Morgan fingerprint density at radius 1 is 1.45 bits per heavy atom. The van der Waals surface area contributed by atoms with Crippen LogP contribution in [0.15, 0.2) is 23.9 Å². The molecule has 0 aromatic rings. The SMILES string of the molecule is C=CC(C(=O)O)C1=C(C(CC)C(=O)O)CN2C[C@H](N)C(=O)N12. The highest BCUT2D eigenvalue weighted by Gasteiger charge is 2.48. The molecule has 2 rings (SSSR count). The summed E-state index contributed by atoms with van der Waals surface area (Å²) < 4.78 is 0. The number of rotatable bonds is 6. The van der Waals surface area contributed by atoms with Crippen molar-refractivity contribution in [2.45, 2.75) is 19.4 Å². The largest absolute Gasteiger partial charge is 0.481 e. The Morgan fingerprint density at radius 2 is 2.09 bits per heavy atom. The second kappa shape index (κ2) is 5.90. The number of carboxylic acids is 2. The van der Waals surface area contributed by atoms with Crippen molar-refractivity contribution in [1.29, 1.82) is 0 Å². The maximum absolute atomic E-state index is 12.2. The Hall–Kier alpha value is -2.19. The van der Waals surface area contributed by atoms with E-state index in [1.807, 2.05) is 0 Å². The summed E-state index contributed by atoms with van der Waals surface area (Å²) in [4.78, 5) is 35.2. The van der Waals surface area contributed by atoms with Crippen LogP contribution in [0.1, 0.15) is 13.3 Å². The lowest BCUT2D eigenvalue weighted by Crippen LogP contribution is -2.38. The topological polar surface area (TPSA) is 124 Å². The smallest absolute Gasteiger partial charge is 0.316 e. The van der Waals surface area contributed by atoms with Crippen LogP contribution in [0.4, 0.5) is 0 Å². The Balaban J connectivity index is 2.56. The molecule has 0 bridgehead atoms. The summed E-state index contributed by atoms with van der Waals surface area (Å²) in [5.74, 6) is -4.63. The molecule has 8 nitrogen and oxygen atoms in total. The molecule has 0 aromatic carbocycles. The Morgan fingerprint density at radius 3 is 2.55 bits per heavy atom. The van der Waals surface area contributed by atoms with Crippen molar-refractivity contribution in [1.82, 2.24) is 10.0 Å². The quantitative estimate of drug-likeness (QED) is 0.572. The van der Waals surface area contributed by atoms with Gasteiger partial charge in [0.25, 0.3) is 5.91 Å². The van der Waals surface area contributed by atoms with Crippen molar-refractivity contribution in [2.75, 3.05) is 13.1 Å². The number of hydrogen-bond donors (Lipinski definition) is 3. The van der Waals surface area contributed by atoms with E-state index >= 15 is 0 Å². The number of hydrazine groups is 1. The van der Waals surface area contributed by atoms with E-state index < -0.39 is 35.7 Å². The van der Waals surface area contributed by atoms with Crippen molar-refractivity contribution < 1.29 is 24.6 Å². The number of carboxylic acid groups (broad SMARTS) is 2. The van der Waals surface area contributed by atoms with Gasteiger partial charge in [-0.3, -0.25) is 14.4 Å². The summed E-state index contributed by atoms with van der Waals surface area (Å²) in [6.07, 6.45) is 1.51. The molecule has 4 N–H and O–H groups in total. The zero-order valence-corrected chi connectivity index (χ0v) is 12.2. The summed E-state index contributed by atoms with van der Waals surface area (Å²) in [7, 11) is 0. The second-order valence-electron chi connectivity index (χ2n) is 5.36. The van der Waals surface area contributed by atoms with Crippen LogP contribution in [0.5, 0.6) is 0 Å². The lowest BCUT2D eigenvalue weighted by molar-refractivity contribution is -0.142. The lowest BCUT2D eigenvalue weighted by atomic mass is 9.90. The van der Waals surface area contributed by atoms with E-state index in [2.05, 4.69) is 6.58 Å². The molecule has 22 heavy (non-hydrogen) atoms. The highest BCUT2D eigenvalue weighted by atomic mass is 16.4. The van der Waals surface area contributed by atoms with Crippen LogP contribution in [0.3, 0.4) is 0 Å². The van der Waals surface area contributed by atoms with E-state index in [1.54, 1.807) is 11.9 Å². The number of fused-ring (bicyclic) bond motifs is 1. The van der Waals surface area contributed by atoms with E-state index in [0.717, 1.165) is 0 Å². The second-order valence-corrected chi connectivity index (χ2v) is 5.36. The third-order valence-corrected chi connectivity index (χ3v) is 4.05. The minimum atomic E-state index is -1.18. The number of aliphatic carboxylic acids is 2. The summed E-state index contributed by atoms with van der Waals surface area (Å²) in [5, 5.41) is 21.6. The standard InChI is InChI=1S/C14H19N3O5/c1-3-7(13(19)20)9-5-16-6-10(15)12(18)17(16)11(9)8(4-2)14(21)22/h4,7-8,10H,2-3,5-6,15H2,1H3,(H,19,20)(H,21,22)/t7?,8?,10-/m0/s1. The van der Waals surface area contributed by atoms with Crippen LogP contribution < -0.4 is 5.73 Å². The average Bonchev–Trinajstić information content (AvgIpc) is 2.90. The molecule has 1 fully saturated rings. The number of nitrogens with two attached hydrogens (primary N) is 1. The fraction of sp³-hybridized carbons (Fsp3) is 0.500. The average molecular weight is 309 g/mol. The molecule has 2 unspecified atom stereocenters. The molecule has 1 saturated heterocycles. The van der Waals surface area contributed by atoms with Gasteiger partial charge >= 0.3 is 11.9 Å². The van der Waals surface area contributed by atoms with Gasteiger partial charge in [-0.05, 0) is 12.0 Å². The van der Waals surface area contributed by atoms with Gasteiger partial charge in [0.1, 0.15) is 12.0 Å². The maximum atomic E-state index is 12.2. The van der Waals surface area contributed by atoms with Crippen LogP contribution in [0, 0.1) is 11.8 Å². The Labute approximate surface area is 127 Å². The first kappa shape index (κ1) is 16.2. The zero-order chi connectivity index (χ0) is 16.6.